The molecule has 0 saturated carbocycles. The van der Waals surface area contributed by atoms with Crippen molar-refractivity contribution in [2.24, 2.45) is 20.9 Å². The van der Waals surface area contributed by atoms with Crippen LogP contribution in [-0.4, -0.2) is 38.2 Å². The molecule has 1 aliphatic carbocycles. The van der Waals surface area contributed by atoms with Crippen LogP contribution in [0.5, 0.6) is 5.88 Å². The third-order valence-corrected chi connectivity index (χ3v) is 5.11. The molecule has 1 atom stereocenters. The van der Waals surface area contributed by atoms with Gasteiger partial charge in [-0.2, -0.15) is 10.3 Å². The van der Waals surface area contributed by atoms with Gasteiger partial charge in [-0.25, -0.2) is 14.8 Å². The van der Waals surface area contributed by atoms with Crippen LogP contribution in [0, 0.1) is 17.2 Å². The first kappa shape index (κ1) is 19.1. The number of aromatic nitrogens is 2. The molecule has 2 aromatic rings. The molecule has 154 valence electrons. The van der Waals surface area contributed by atoms with Gasteiger partial charge in [0.2, 0.25) is 5.88 Å². The fourth-order valence-corrected chi connectivity index (χ4v) is 3.69. The minimum atomic E-state index is -0.869. The largest absolute Gasteiger partial charge is 0.494 e. The molecule has 0 fully saturated rings. The van der Waals surface area contributed by atoms with Crippen molar-refractivity contribution in [3.05, 3.63) is 91.7 Å². The van der Waals surface area contributed by atoms with Crippen LogP contribution in [0.25, 0.3) is 5.70 Å². The Balaban J connectivity index is 1.75. The van der Waals surface area contributed by atoms with Crippen molar-refractivity contribution in [2.75, 3.05) is 0 Å². The van der Waals surface area contributed by atoms with E-state index in [0.29, 0.717) is 16.8 Å². The van der Waals surface area contributed by atoms with Gasteiger partial charge in [-0.05, 0) is 6.08 Å². The number of hydrogen-bond acceptors (Lipinski definition) is 7. The standard InChI is InChI=1S/C22H12N6O4/c23-9-13(18-24-14-8-4-3-7-12(14)19(29)26-18)16-10-5-1-2-6-11(10)17(25-16)15-20(30)27-22(32)28-21(15)31/h1-8,12H,(H3,27,28,30,31,32). The number of aromatic hydroxyl groups is 1. The van der Waals surface area contributed by atoms with E-state index < -0.39 is 29.0 Å². The number of hydrogen-bond donors (Lipinski definition) is 3. The Morgan fingerprint density at radius 2 is 1.81 bits per heavy atom. The Labute approximate surface area is 179 Å². The molecule has 32 heavy (non-hydrogen) atoms. The molecule has 2 aliphatic heterocycles. The molecule has 1 aromatic heterocycles. The zero-order valence-electron chi connectivity index (χ0n) is 16.2. The molecule has 5 rings (SSSR count). The van der Waals surface area contributed by atoms with Gasteiger partial charge in [-0.15, -0.1) is 0 Å². The Morgan fingerprint density at radius 3 is 2.56 bits per heavy atom. The van der Waals surface area contributed by atoms with Crippen molar-refractivity contribution in [3.63, 3.8) is 0 Å². The highest BCUT2D eigenvalue weighted by Gasteiger charge is 2.32. The van der Waals surface area contributed by atoms with Crippen molar-refractivity contribution < 1.29 is 9.90 Å². The lowest BCUT2D eigenvalue weighted by Gasteiger charge is -2.17. The van der Waals surface area contributed by atoms with E-state index in [1.807, 2.05) is 6.07 Å². The Morgan fingerprint density at radius 1 is 1.03 bits per heavy atom. The molecule has 3 aliphatic rings. The summed E-state index contributed by atoms with van der Waals surface area (Å²) in [6, 6.07) is 8.77. The Kier molecular flexibility index (Phi) is 4.23. The maximum atomic E-state index is 12.5. The topological polar surface area (TPSA) is 164 Å². The number of aliphatic imine (C=N–C) groups is 3. The summed E-state index contributed by atoms with van der Waals surface area (Å²) in [4.78, 5) is 53.3. The van der Waals surface area contributed by atoms with Crippen LogP contribution in [-0.2, 0) is 4.79 Å². The van der Waals surface area contributed by atoms with Gasteiger partial charge in [0, 0.05) is 11.1 Å². The number of aromatic amines is 2. The van der Waals surface area contributed by atoms with Crippen LogP contribution in [0.15, 0.2) is 78.7 Å². The third kappa shape index (κ3) is 2.88. The van der Waals surface area contributed by atoms with E-state index in [4.69, 9.17) is 0 Å². The molecular weight excluding hydrogens is 412 g/mol. The number of allylic oxidation sites excluding steroid dienone is 3. The number of nitrogens with one attached hydrogen (secondary N) is 2. The van der Waals surface area contributed by atoms with E-state index in [1.54, 1.807) is 48.6 Å². The summed E-state index contributed by atoms with van der Waals surface area (Å²) in [5, 5.41) is 20.1. The van der Waals surface area contributed by atoms with E-state index in [-0.39, 0.29) is 28.4 Å². The maximum Gasteiger partial charge on any atom is 0.328 e. The van der Waals surface area contributed by atoms with Crippen molar-refractivity contribution in [1.29, 1.82) is 5.26 Å². The molecule has 1 amide bonds. The second-order valence-corrected chi connectivity index (χ2v) is 7.01. The van der Waals surface area contributed by atoms with Crippen LogP contribution in [0.1, 0.15) is 16.7 Å². The fourth-order valence-electron chi connectivity index (χ4n) is 3.69. The number of carbonyl (C=O) groups excluding carboxylic acids is 1. The Hall–Kier alpha value is -4.91. The van der Waals surface area contributed by atoms with Gasteiger partial charge in [-0.3, -0.25) is 19.6 Å². The summed E-state index contributed by atoms with van der Waals surface area (Å²) in [5.74, 6) is -1.79. The van der Waals surface area contributed by atoms with Gasteiger partial charge in [0.25, 0.3) is 11.5 Å². The normalized spacial score (nSPS) is 20.0. The minimum Gasteiger partial charge on any atom is -0.494 e. The summed E-state index contributed by atoms with van der Waals surface area (Å²) in [6.07, 6.45) is 6.81. The highest BCUT2D eigenvalue weighted by Crippen LogP contribution is 2.35. The molecule has 0 bridgehead atoms. The summed E-state index contributed by atoms with van der Waals surface area (Å²) < 4.78 is 0. The molecular formula is C22H12N6O4. The number of nitrogens with zero attached hydrogens (tertiary/aromatic N) is 4. The Bertz CT molecular complexity index is 1560. The van der Waals surface area contributed by atoms with Crippen molar-refractivity contribution in [2.45, 2.75) is 0 Å². The summed E-state index contributed by atoms with van der Waals surface area (Å²) in [6.45, 7) is 0. The second kappa shape index (κ2) is 7.10. The van der Waals surface area contributed by atoms with E-state index >= 15 is 0 Å². The number of fused-ring (bicyclic) bond motifs is 2. The number of rotatable bonds is 2. The van der Waals surface area contributed by atoms with Gasteiger partial charge >= 0.3 is 5.69 Å². The monoisotopic (exact) mass is 424 g/mol. The molecule has 0 saturated heterocycles. The van der Waals surface area contributed by atoms with Crippen molar-refractivity contribution in [3.8, 4) is 11.9 Å². The molecule has 10 nitrogen and oxygen atoms in total. The predicted molar refractivity (Wildman–Crippen MR) is 116 cm³/mol. The predicted octanol–water partition coefficient (Wildman–Crippen LogP) is 0.976. The third-order valence-electron chi connectivity index (χ3n) is 5.11. The number of carbonyl (C=O) groups is 1. The fraction of sp³-hybridized carbons (Fsp3) is 0.0455. The van der Waals surface area contributed by atoms with Gasteiger partial charge in [0.15, 0.2) is 5.84 Å². The number of amidine groups is 1. The van der Waals surface area contributed by atoms with E-state index in [9.17, 15) is 24.8 Å². The second-order valence-electron chi connectivity index (χ2n) is 7.01. The molecule has 0 spiro atoms. The first-order valence-corrected chi connectivity index (χ1v) is 9.43. The van der Waals surface area contributed by atoms with Gasteiger partial charge < -0.3 is 5.11 Å². The van der Waals surface area contributed by atoms with Crippen LogP contribution < -0.4 is 11.2 Å². The van der Waals surface area contributed by atoms with Crippen LogP contribution >= 0.6 is 0 Å². The zero-order chi connectivity index (χ0) is 22.4. The lowest BCUT2D eigenvalue weighted by atomic mass is 9.95. The van der Waals surface area contributed by atoms with Crippen LogP contribution in [0.2, 0.25) is 0 Å². The zero-order valence-corrected chi connectivity index (χ0v) is 16.2. The van der Waals surface area contributed by atoms with Gasteiger partial charge in [-0.1, -0.05) is 42.5 Å². The van der Waals surface area contributed by atoms with E-state index in [2.05, 4.69) is 24.9 Å². The smallest absolute Gasteiger partial charge is 0.328 e. The average molecular weight is 424 g/mol. The molecule has 3 heterocycles. The quantitative estimate of drug-likeness (QED) is 0.611. The lowest BCUT2D eigenvalue weighted by Crippen LogP contribution is -2.27. The summed E-state index contributed by atoms with van der Waals surface area (Å²) in [5.41, 5.74) is -0.412. The van der Waals surface area contributed by atoms with Gasteiger partial charge in [0.1, 0.15) is 23.1 Å². The molecule has 0 radical (unpaired) electrons. The SMILES string of the molecule is N#CC(C1=NC(=O)C2C=CC=CC2=N1)=C1N=C(c2c(O)[nH]c(=O)[nH]c2=O)c2ccccc21. The van der Waals surface area contributed by atoms with Crippen LogP contribution in [0.4, 0.5) is 0 Å². The summed E-state index contributed by atoms with van der Waals surface area (Å²) >= 11 is 0. The number of nitriles is 1. The number of amides is 1. The lowest BCUT2D eigenvalue weighted by molar-refractivity contribution is -0.118. The van der Waals surface area contributed by atoms with Crippen LogP contribution in [0.3, 0.4) is 0 Å². The molecule has 3 N–H and O–H groups in total. The summed E-state index contributed by atoms with van der Waals surface area (Å²) in [7, 11) is 0. The number of H-pyrrole nitrogens is 2. The molecule has 1 aromatic carbocycles. The minimum absolute atomic E-state index is 0.0601. The van der Waals surface area contributed by atoms with Crippen molar-refractivity contribution >= 4 is 28.9 Å². The highest BCUT2D eigenvalue weighted by atomic mass is 16.3. The van der Waals surface area contributed by atoms with E-state index in [1.165, 1.54) is 0 Å². The van der Waals surface area contributed by atoms with Crippen molar-refractivity contribution in [1.82, 2.24) is 9.97 Å². The van der Waals surface area contributed by atoms with E-state index in [0.717, 1.165) is 0 Å². The molecule has 10 heteroatoms. The average Bonchev–Trinajstić information content (AvgIpc) is 3.13. The number of benzene rings is 1. The highest BCUT2D eigenvalue weighted by molar-refractivity contribution is 6.29. The first-order chi connectivity index (χ1) is 15.5. The maximum absolute atomic E-state index is 12.5. The molecule has 1 unspecified atom stereocenters. The van der Waals surface area contributed by atoms with Gasteiger partial charge in [0.05, 0.1) is 17.1 Å². The first-order valence-electron chi connectivity index (χ1n) is 9.43.